The molecule has 0 amide bonds. The van der Waals surface area contributed by atoms with Crippen LogP contribution in [-0.4, -0.2) is 41.8 Å². The molecule has 56 heavy (non-hydrogen) atoms. The minimum atomic E-state index is -0.921. The number of benzene rings is 3. The van der Waals surface area contributed by atoms with E-state index in [1.165, 1.54) is 48.5 Å². The van der Waals surface area contributed by atoms with Crippen LogP contribution in [0.1, 0.15) is 112 Å². The minimum Gasteiger partial charge on any atom is -0.461 e. The van der Waals surface area contributed by atoms with Gasteiger partial charge in [-0.05, 0) is 78.8 Å². The Bertz CT molecular complexity index is 1900. The van der Waals surface area contributed by atoms with Crippen molar-refractivity contribution in [3.05, 3.63) is 86.5 Å². The molecule has 14 heteroatoms. The first-order valence-electron chi connectivity index (χ1n) is 17.7. The van der Waals surface area contributed by atoms with E-state index in [0.29, 0.717) is 51.8 Å². The van der Waals surface area contributed by atoms with Crippen LogP contribution in [0.25, 0.3) is 0 Å². The van der Waals surface area contributed by atoms with Crippen LogP contribution in [0.3, 0.4) is 0 Å². The predicted octanol–water partition coefficient (Wildman–Crippen LogP) is 6.27. The van der Waals surface area contributed by atoms with Crippen molar-refractivity contribution in [3.8, 4) is 17.2 Å². The molecular weight excluding hydrogens is 728 g/mol. The smallest absolute Gasteiger partial charge is 0.308 e. The van der Waals surface area contributed by atoms with Crippen molar-refractivity contribution in [2.45, 2.75) is 114 Å². The zero-order valence-electron chi connectivity index (χ0n) is 33.4. The molecule has 0 radical (unpaired) electrons. The van der Waals surface area contributed by atoms with E-state index in [2.05, 4.69) is 0 Å². The lowest BCUT2D eigenvalue weighted by Gasteiger charge is -2.34. The zero-order valence-corrected chi connectivity index (χ0v) is 33.4. The van der Waals surface area contributed by atoms with Gasteiger partial charge in [0, 0.05) is 76.1 Å². The van der Waals surface area contributed by atoms with Crippen molar-refractivity contribution in [2.75, 3.05) is 0 Å². The van der Waals surface area contributed by atoms with Gasteiger partial charge >= 0.3 is 41.8 Å². The number of carbonyl (C=O) groups is 7. The van der Waals surface area contributed by atoms with Gasteiger partial charge in [-0.25, -0.2) is 0 Å². The molecule has 0 bridgehead atoms. The Morgan fingerprint density at radius 3 is 1.05 bits per heavy atom. The normalized spacial score (nSPS) is 10.9. The van der Waals surface area contributed by atoms with Gasteiger partial charge in [0.15, 0.2) is 0 Å². The summed E-state index contributed by atoms with van der Waals surface area (Å²) in [6.07, 6.45) is 0.698. The fourth-order valence-corrected chi connectivity index (χ4v) is 6.15. The average molecular weight is 777 g/mol. The number of aryl methyl sites for hydroxylation is 3. The highest BCUT2D eigenvalue weighted by Crippen LogP contribution is 2.43. The van der Waals surface area contributed by atoms with Crippen molar-refractivity contribution in [3.63, 3.8) is 0 Å². The summed E-state index contributed by atoms with van der Waals surface area (Å²) in [6, 6.07) is 10.8. The highest BCUT2D eigenvalue weighted by molar-refractivity contribution is 5.73. The SMILES string of the molecule is CC(=O)OCc1cc(C(C)(CCc2cc(COC(C)=O)c(OC(C)=O)c(COC(C)=O)c2)c2cc(C)c(OC(C)=O)c(COC(C)=O)c2)cc(C)c1OC(C)=O. The number of rotatable bonds is 16. The molecule has 0 saturated carbocycles. The van der Waals surface area contributed by atoms with Crippen molar-refractivity contribution < 1.29 is 66.7 Å². The zero-order chi connectivity index (χ0) is 41.9. The summed E-state index contributed by atoms with van der Waals surface area (Å²) in [5.41, 5.74) is 4.00. The summed E-state index contributed by atoms with van der Waals surface area (Å²) in [5.74, 6) is -3.37. The van der Waals surface area contributed by atoms with Gasteiger partial charge in [0.2, 0.25) is 0 Å². The van der Waals surface area contributed by atoms with Crippen LogP contribution in [0.5, 0.6) is 17.2 Å². The molecule has 0 aromatic heterocycles. The first-order chi connectivity index (χ1) is 26.2. The Morgan fingerprint density at radius 2 is 0.750 bits per heavy atom. The van der Waals surface area contributed by atoms with Crippen molar-refractivity contribution in [1.29, 1.82) is 0 Å². The second kappa shape index (κ2) is 19.5. The van der Waals surface area contributed by atoms with Crippen LogP contribution in [-0.2, 0) is 90.8 Å². The first kappa shape index (κ1) is 44.3. The van der Waals surface area contributed by atoms with E-state index in [0.717, 1.165) is 11.1 Å². The van der Waals surface area contributed by atoms with E-state index in [4.69, 9.17) is 33.2 Å². The summed E-state index contributed by atoms with van der Waals surface area (Å²) in [4.78, 5) is 83.9. The Kier molecular flexibility index (Phi) is 15.5. The second-order valence-corrected chi connectivity index (χ2v) is 13.5. The summed E-state index contributed by atoms with van der Waals surface area (Å²) >= 11 is 0. The van der Waals surface area contributed by atoms with Gasteiger partial charge in [0.05, 0.1) is 0 Å². The molecule has 0 heterocycles. The van der Waals surface area contributed by atoms with Crippen LogP contribution in [0.2, 0.25) is 0 Å². The molecule has 0 N–H and O–H groups in total. The Balaban J connectivity index is 2.36. The first-order valence-corrected chi connectivity index (χ1v) is 17.7. The standard InChI is InChI=1S/C42H48O14/c1-23-13-37(17-35(21-52-27(5)45)39(23)54-29(7)47)42(10,38-14-24(2)40(55-30(8)48)36(18-38)22-53-28(6)46)12-11-32-15-33(19-50-25(3)43)41(56-31(9)49)34(16-32)20-51-26(4)44/h13-18H,11-12,19-22H2,1-10H3. The fourth-order valence-electron chi connectivity index (χ4n) is 6.15. The van der Waals surface area contributed by atoms with Crippen molar-refractivity contribution in [2.24, 2.45) is 0 Å². The highest BCUT2D eigenvalue weighted by Gasteiger charge is 2.33. The molecule has 0 atom stereocenters. The Hall–Kier alpha value is -6.05. The van der Waals surface area contributed by atoms with Gasteiger partial charge in [-0.3, -0.25) is 33.6 Å². The van der Waals surface area contributed by atoms with E-state index >= 15 is 0 Å². The van der Waals surface area contributed by atoms with Gasteiger partial charge in [-0.15, -0.1) is 0 Å². The van der Waals surface area contributed by atoms with E-state index in [1.807, 2.05) is 19.1 Å². The summed E-state index contributed by atoms with van der Waals surface area (Å²) in [7, 11) is 0. The maximum absolute atomic E-state index is 12.1. The van der Waals surface area contributed by atoms with E-state index in [1.54, 1.807) is 38.1 Å². The van der Waals surface area contributed by atoms with Crippen molar-refractivity contribution in [1.82, 2.24) is 0 Å². The Morgan fingerprint density at radius 1 is 0.446 bits per heavy atom. The molecule has 3 aromatic carbocycles. The monoisotopic (exact) mass is 776 g/mol. The third kappa shape index (κ3) is 12.5. The largest absolute Gasteiger partial charge is 0.461 e. The van der Waals surface area contributed by atoms with Crippen LogP contribution >= 0.6 is 0 Å². The number of hydrogen-bond donors (Lipinski definition) is 0. The van der Waals surface area contributed by atoms with E-state index in [9.17, 15) is 33.6 Å². The van der Waals surface area contributed by atoms with E-state index < -0.39 is 47.2 Å². The predicted molar refractivity (Wildman–Crippen MR) is 199 cm³/mol. The van der Waals surface area contributed by atoms with Crippen LogP contribution in [0, 0.1) is 13.8 Å². The fraction of sp³-hybridized carbons (Fsp3) is 0.405. The molecule has 0 aliphatic heterocycles. The number of hydrogen-bond acceptors (Lipinski definition) is 14. The summed E-state index contributed by atoms with van der Waals surface area (Å²) in [6.45, 7) is 13.4. The maximum Gasteiger partial charge on any atom is 0.308 e. The molecule has 300 valence electrons. The molecule has 0 fully saturated rings. The van der Waals surface area contributed by atoms with Crippen LogP contribution < -0.4 is 14.2 Å². The molecule has 14 nitrogen and oxygen atoms in total. The molecule has 3 aromatic rings. The lowest BCUT2D eigenvalue weighted by Crippen LogP contribution is -2.26. The summed E-state index contributed by atoms with van der Waals surface area (Å²) in [5, 5.41) is 0. The van der Waals surface area contributed by atoms with Gasteiger partial charge in [0.1, 0.15) is 43.7 Å². The van der Waals surface area contributed by atoms with Crippen LogP contribution in [0.15, 0.2) is 36.4 Å². The van der Waals surface area contributed by atoms with Crippen LogP contribution in [0.4, 0.5) is 0 Å². The quantitative estimate of drug-likeness (QED) is 0.0901. The third-order valence-electron chi connectivity index (χ3n) is 8.65. The number of esters is 7. The topological polar surface area (TPSA) is 184 Å². The van der Waals surface area contributed by atoms with Gasteiger partial charge in [-0.1, -0.05) is 19.1 Å². The van der Waals surface area contributed by atoms with Gasteiger partial charge < -0.3 is 33.2 Å². The number of ether oxygens (including phenoxy) is 7. The van der Waals surface area contributed by atoms with Gasteiger partial charge in [0.25, 0.3) is 0 Å². The Labute approximate surface area is 325 Å². The average Bonchev–Trinajstić information content (AvgIpc) is 3.09. The maximum atomic E-state index is 12.1. The lowest BCUT2D eigenvalue weighted by molar-refractivity contribution is -0.143. The molecular formula is C42H48O14. The minimum absolute atomic E-state index is 0.102. The molecule has 0 aliphatic rings. The van der Waals surface area contributed by atoms with Gasteiger partial charge in [-0.2, -0.15) is 0 Å². The third-order valence-corrected chi connectivity index (χ3v) is 8.65. The van der Waals surface area contributed by atoms with E-state index in [-0.39, 0.29) is 43.7 Å². The molecule has 3 rings (SSSR count). The lowest BCUT2D eigenvalue weighted by atomic mass is 9.70. The molecule has 0 saturated heterocycles. The molecule has 0 spiro atoms. The summed E-state index contributed by atoms with van der Waals surface area (Å²) < 4.78 is 38.0. The highest BCUT2D eigenvalue weighted by atomic mass is 16.6. The second-order valence-electron chi connectivity index (χ2n) is 13.5. The number of carbonyl (C=O) groups excluding carboxylic acids is 7. The molecule has 0 aliphatic carbocycles. The van der Waals surface area contributed by atoms with Crippen molar-refractivity contribution >= 4 is 41.8 Å². The molecule has 0 unspecified atom stereocenters.